The molecule has 1 unspecified atom stereocenters. The van der Waals surface area contributed by atoms with Crippen molar-refractivity contribution in [3.8, 4) is 0 Å². The van der Waals surface area contributed by atoms with Gasteiger partial charge in [-0.15, -0.1) is 0 Å². The topological polar surface area (TPSA) is 26.0 Å². The third-order valence-electron chi connectivity index (χ3n) is 1.94. The number of hydrogen-bond acceptors (Lipinski definition) is 1. The molecule has 0 aliphatic carbocycles. The predicted octanol–water partition coefficient (Wildman–Crippen LogP) is 2.73. The van der Waals surface area contributed by atoms with Crippen LogP contribution in [0.15, 0.2) is 28.7 Å². The number of halogens is 1. The Hall–Kier alpha value is -0.340. The zero-order valence-corrected chi connectivity index (χ0v) is 8.84. The van der Waals surface area contributed by atoms with Crippen LogP contribution in [0.3, 0.4) is 0 Å². The highest BCUT2D eigenvalue weighted by Gasteiger charge is 2.00. The molecular weight excluding hydrogens is 214 g/mol. The van der Waals surface area contributed by atoms with Gasteiger partial charge in [0.25, 0.3) is 0 Å². The van der Waals surface area contributed by atoms with Crippen molar-refractivity contribution < 1.29 is 0 Å². The van der Waals surface area contributed by atoms with Crippen LogP contribution in [-0.4, -0.2) is 6.04 Å². The molecule has 1 aromatic rings. The standard InChI is InChI=1S/C10H14BrN/c1-2-10(12)7-8-3-5-9(11)6-4-8/h3-6,10H,2,7,12H2,1H3. The van der Waals surface area contributed by atoms with E-state index in [-0.39, 0.29) is 0 Å². The van der Waals surface area contributed by atoms with Crippen LogP contribution >= 0.6 is 15.9 Å². The molecule has 0 saturated heterocycles. The molecule has 0 heterocycles. The highest BCUT2D eigenvalue weighted by atomic mass is 79.9. The molecule has 1 aromatic carbocycles. The summed E-state index contributed by atoms with van der Waals surface area (Å²) in [4.78, 5) is 0. The van der Waals surface area contributed by atoms with Crippen molar-refractivity contribution in [1.82, 2.24) is 0 Å². The number of nitrogens with two attached hydrogens (primary N) is 1. The SMILES string of the molecule is CCC(N)Cc1ccc(Br)cc1. The summed E-state index contributed by atoms with van der Waals surface area (Å²) in [5.74, 6) is 0. The lowest BCUT2D eigenvalue weighted by Crippen LogP contribution is -2.21. The molecule has 0 aromatic heterocycles. The van der Waals surface area contributed by atoms with Crippen molar-refractivity contribution >= 4 is 15.9 Å². The van der Waals surface area contributed by atoms with E-state index < -0.39 is 0 Å². The van der Waals surface area contributed by atoms with E-state index in [2.05, 4.69) is 47.1 Å². The quantitative estimate of drug-likeness (QED) is 0.845. The van der Waals surface area contributed by atoms with Gasteiger partial charge in [-0.2, -0.15) is 0 Å². The number of hydrogen-bond donors (Lipinski definition) is 1. The zero-order valence-electron chi connectivity index (χ0n) is 7.26. The Morgan fingerprint density at radius 1 is 1.33 bits per heavy atom. The maximum Gasteiger partial charge on any atom is 0.0175 e. The Balaban J connectivity index is 2.58. The van der Waals surface area contributed by atoms with E-state index >= 15 is 0 Å². The summed E-state index contributed by atoms with van der Waals surface area (Å²) in [5, 5.41) is 0. The minimum absolute atomic E-state index is 0.297. The Bertz CT molecular complexity index is 230. The van der Waals surface area contributed by atoms with Crippen LogP contribution in [0.2, 0.25) is 0 Å². The van der Waals surface area contributed by atoms with Gasteiger partial charge in [0.2, 0.25) is 0 Å². The van der Waals surface area contributed by atoms with Crippen molar-refractivity contribution in [3.05, 3.63) is 34.3 Å². The first kappa shape index (κ1) is 9.75. The van der Waals surface area contributed by atoms with Crippen LogP contribution in [0.25, 0.3) is 0 Å². The van der Waals surface area contributed by atoms with E-state index in [1.165, 1.54) is 5.56 Å². The summed E-state index contributed by atoms with van der Waals surface area (Å²) < 4.78 is 1.12. The molecule has 0 amide bonds. The van der Waals surface area contributed by atoms with Crippen molar-refractivity contribution in [1.29, 1.82) is 0 Å². The molecule has 1 atom stereocenters. The fraction of sp³-hybridized carbons (Fsp3) is 0.400. The van der Waals surface area contributed by atoms with Crippen LogP contribution in [0.4, 0.5) is 0 Å². The second-order valence-corrected chi connectivity index (χ2v) is 3.91. The monoisotopic (exact) mass is 227 g/mol. The maximum absolute atomic E-state index is 5.83. The molecule has 2 N–H and O–H groups in total. The van der Waals surface area contributed by atoms with Crippen LogP contribution in [-0.2, 0) is 6.42 Å². The van der Waals surface area contributed by atoms with Crippen LogP contribution in [0.1, 0.15) is 18.9 Å². The molecule has 66 valence electrons. The smallest absolute Gasteiger partial charge is 0.0175 e. The van der Waals surface area contributed by atoms with Crippen LogP contribution in [0, 0.1) is 0 Å². The van der Waals surface area contributed by atoms with Crippen molar-refractivity contribution in [2.45, 2.75) is 25.8 Å². The predicted molar refractivity (Wildman–Crippen MR) is 56.1 cm³/mol. The number of rotatable bonds is 3. The summed E-state index contributed by atoms with van der Waals surface area (Å²) in [6, 6.07) is 8.63. The first-order valence-corrected chi connectivity index (χ1v) is 5.01. The molecule has 0 bridgehead atoms. The lowest BCUT2D eigenvalue weighted by atomic mass is 10.1. The average molecular weight is 228 g/mol. The van der Waals surface area contributed by atoms with Gasteiger partial charge in [-0.1, -0.05) is 35.0 Å². The van der Waals surface area contributed by atoms with E-state index in [0.717, 1.165) is 17.3 Å². The summed E-state index contributed by atoms with van der Waals surface area (Å²) >= 11 is 3.40. The summed E-state index contributed by atoms with van der Waals surface area (Å²) in [6.07, 6.45) is 2.01. The van der Waals surface area contributed by atoms with E-state index in [4.69, 9.17) is 5.73 Å². The molecule has 0 aliphatic rings. The van der Waals surface area contributed by atoms with Crippen LogP contribution in [0.5, 0.6) is 0 Å². The normalized spacial score (nSPS) is 12.9. The third-order valence-corrected chi connectivity index (χ3v) is 2.46. The maximum atomic E-state index is 5.83. The van der Waals surface area contributed by atoms with Gasteiger partial charge in [0.15, 0.2) is 0 Å². The highest BCUT2D eigenvalue weighted by Crippen LogP contribution is 2.11. The van der Waals surface area contributed by atoms with E-state index in [1.54, 1.807) is 0 Å². The molecular formula is C10H14BrN. The minimum atomic E-state index is 0.297. The van der Waals surface area contributed by atoms with Crippen molar-refractivity contribution in [3.63, 3.8) is 0 Å². The first-order chi connectivity index (χ1) is 5.72. The summed E-state index contributed by atoms with van der Waals surface area (Å²) in [7, 11) is 0. The third kappa shape index (κ3) is 2.95. The molecule has 1 nitrogen and oxygen atoms in total. The molecule has 0 fully saturated rings. The average Bonchev–Trinajstić information content (AvgIpc) is 2.09. The Morgan fingerprint density at radius 2 is 1.92 bits per heavy atom. The summed E-state index contributed by atoms with van der Waals surface area (Å²) in [5.41, 5.74) is 7.14. The molecule has 0 spiro atoms. The molecule has 0 aliphatic heterocycles. The molecule has 2 heteroatoms. The van der Waals surface area contributed by atoms with Gasteiger partial charge in [-0.05, 0) is 30.5 Å². The van der Waals surface area contributed by atoms with Gasteiger partial charge in [-0.3, -0.25) is 0 Å². The van der Waals surface area contributed by atoms with Gasteiger partial charge in [-0.25, -0.2) is 0 Å². The van der Waals surface area contributed by atoms with Gasteiger partial charge in [0, 0.05) is 10.5 Å². The van der Waals surface area contributed by atoms with E-state index in [0.29, 0.717) is 6.04 Å². The van der Waals surface area contributed by atoms with E-state index in [1.807, 2.05) is 0 Å². The fourth-order valence-electron chi connectivity index (χ4n) is 1.07. The second kappa shape index (κ2) is 4.63. The van der Waals surface area contributed by atoms with Gasteiger partial charge in [0.05, 0.1) is 0 Å². The van der Waals surface area contributed by atoms with E-state index in [9.17, 15) is 0 Å². The summed E-state index contributed by atoms with van der Waals surface area (Å²) in [6.45, 7) is 2.11. The van der Waals surface area contributed by atoms with Gasteiger partial charge < -0.3 is 5.73 Å². The van der Waals surface area contributed by atoms with Crippen molar-refractivity contribution in [2.75, 3.05) is 0 Å². The Morgan fingerprint density at radius 3 is 2.42 bits per heavy atom. The highest BCUT2D eigenvalue weighted by molar-refractivity contribution is 9.10. The molecule has 0 saturated carbocycles. The zero-order chi connectivity index (χ0) is 8.97. The lowest BCUT2D eigenvalue weighted by Gasteiger charge is -2.07. The first-order valence-electron chi connectivity index (χ1n) is 4.22. The fourth-order valence-corrected chi connectivity index (χ4v) is 1.33. The largest absolute Gasteiger partial charge is 0.327 e. The van der Waals surface area contributed by atoms with Gasteiger partial charge >= 0.3 is 0 Å². The lowest BCUT2D eigenvalue weighted by molar-refractivity contribution is 0.646. The second-order valence-electron chi connectivity index (χ2n) is 3.00. The minimum Gasteiger partial charge on any atom is -0.327 e. The molecule has 1 rings (SSSR count). The number of benzene rings is 1. The molecule has 0 radical (unpaired) electrons. The Kier molecular flexibility index (Phi) is 3.76. The Labute approximate surface area is 82.1 Å². The van der Waals surface area contributed by atoms with Crippen molar-refractivity contribution in [2.24, 2.45) is 5.73 Å². The molecule has 12 heavy (non-hydrogen) atoms. The van der Waals surface area contributed by atoms with Gasteiger partial charge in [0.1, 0.15) is 0 Å². The van der Waals surface area contributed by atoms with Crippen LogP contribution < -0.4 is 5.73 Å².